The van der Waals surface area contributed by atoms with Crippen LogP contribution < -0.4 is 10.9 Å². The molecule has 0 radical (unpaired) electrons. The van der Waals surface area contributed by atoms with Gasteiger partial charge in [-0.15, -0.1) is 0 Å². The fourth-order valence-corrected chi connectivity index (χ4v) is 5.67. The molecule has 0 unspecified atom stereocenters. The lowest BCUT2D eigenvalue weighted by Gasteiger charge is -2.26. The number of fused-ring (bicyclic) bond motifs is 1. The quantitative estimate of drug-likeness (QED) is 0.355. The predicted octanol–water partition coefficient (Wildman–Crippen LogP) is 1.32. The molecule has 2 amide bonds. The number of rotatable bonds is 4. The van der Waals surface area contributed by atoms with Crippen LogP contribution in [0.2, 0.25) is 0 Å². The Balaban J connectivity index is 1.27. The average Bonchev–Trinajstić information content (AvgIpc) is 3.29. The normalized spacial score (nSPS) is 32.0. The lowest BCUT2D eigenvalue weighted by Crippen LogP contribution is -2.44. The molecule has 2 bridgehead atoms. The van der Waals surface area contributed by atoms with Crippen molar-refractivity contribution in [2.45, 2.75) is 17.4 Å². The number of hydrogen-bond donors (Lipinski definition) is 2. The largest absolute Gasteiger partial charge is 0.461 e. The first-order valence-electron chi connectivity index (χ1n) is 8.73. The summed E-state index contributed by atoms with van der Waals surface area (Å²) in [5.74, 6) is -3.24. The van der Waals surface area contributed by atoms with Gasteiger partial charge in [-0.2, -0.15) is 0 Å². The van der Waals surface area contributed by atoms with E-state index in [9.17, 15) is 19.2 Å². The van der Waals surface area contributed by atoms with Crippen molar-refractivity contribution in [3.05, 3.63) is 34.3 Å². The minimum absolute atomic E-state index is 0.0263. The third-order valence-electron chi connectivity index (χ3n) is 5.56. The summed E-state index contributed by atoms with van der Waals surface area (Å²) in [4.78, 5) is 48.3. The number of amides is 2. The fourth-order valence-electron chi connectivity index (χ4n) is 4.36. The van der Waals surface area contributed by atoms with E-state index >= 15 is 0 Å². The van der Waals surface area contributed by atoms with Crippen molar-refractivity contribution in [1.82, 2.24) is 10.9 Å². The lowest BCUT2D eigenvalue weighted by atomic mass is 9.80. The van der Waals surface area contributed by atoms with E-state index in [1.165, 1.54) is 0 Å². The molecule has 0 aromatic heterocycles. The molecule has 4 rings (SSSR count). The van der Waals surface area contributed by atoms with Crippen LogP contribution in [0.4, 0.5) is 0 Å². The zero-order chi connectivity index (χ0) is 20.0. The number of hydrogen-bond acceptors (Lipinski definition) is 6. The Morgan fingerprint density at radius 3 is 2.57 bits per heavy atom. The molecule has 1 saturated heterocycles. The maximum absolute atomic E-state index is 12.5. The fraction of sp³-hybridized carbons (Fsp3) is 0.444. The van der Waals surface area contributed by atoms with Crippen molar-refractivity contribution in [1.29, 1.82) is 0 Å². The van der Waals surface area contributed by atoms with Gasteiger partial charge in [-0.1, -0.05) is 31.9 Å². The van der Waals surface area contributed by atoms with E-state index in [0.29, 0.717) is 5.56 Å². The minimum Gasteiger partial charge on any atom is -0.461 e. The van der Waals surface area contributed by atoms with E-state index in [1.54, 1.807) is 24.3 Å². The average molecular weight is 516 g/mol. The summed E-state index contributed by atoms with van der Waals surface area (Å²) in [6.07, 6.45) is 0.551. The monoisotopic (exact) mass is 514 g/mol. The Labute approximate surface area is 176 Å². The van der Waals surface area contributed by atoms with Gasteiger partial charge in [-0.25, -0.2) is 0 Å². The number of benzene rings is 1. The number of alkyl halides is 1. The standard InChI is InChI=1S/C18H16Br2N2O6/c19-8-3-1-7(2-4-8)16(24)22-21-11(23)6-27-17(25)12-9-5-10-13(12)18(26)28-15(10)14(9)20/h1-4,9-10,12-15H,5-6H2,(H,21,23)(H,22,24)/t9-,10-,12-,13-,14-,15+/m1/s1. The number of halogens is 2. The van der Waals surface area contributed by atoms with Crippen LogP contribution >= 0.6 is 31.9 Å². The molecule has 3 fully saturated rings. The van der Waals surface area contributed by atoms with Crippen molar-refractivity contribution in [2.24, 2.45) is 23.7 Å². The van der Waals surface area contributed by atoms with Gasteiger partial charge >= 0.3 is 11.9 Å². The van der Waals surface area contributed by atoms with Crippen molar-refractivity contribution in [3.63, 3.8) is 0 Å². The number of carbonyl (C=O) groups excluding carboxylic acids is 4. The molecular formula is C18H16Br2N2O6. The number of nitrogens with one attached hydrogen (secondary N) is 2. The minimum atomic E-state index is -0.677. The molecule has 6 atom stereocenters. The van der Waals surface area contributed by atoms with Gasteiger partial charge in [-0.05, 0) is 36.6 Å². The van der Waals surface area contributed by atoms with E-state index in [4.69, 9.17) is 9.47 Å². The van der Waals surface area contributed by atoms with Gasteiger partial charge in [0, 0.05) is 16.0 Å². The first-order chi connectivity index (χ1) is 13.4. The van der Waals surface area contributed by atoms with Crippen LogP contribution in [0, 0.1) is 23.7 Å². The predicted molar refractivity (Wildman–Crippen MR) is 102 cm³/mol. The van der Waals surface area contributed by atoms with Crippen molar-refractivity contribution < 1.29 is 28.7 Å². The Morgan fingerprint density at radius 1 is 1.14 bits per heavy atom. The smallest absolute Gasteiger partial charge is 0.310 e. The number of ether oxygens (including phenoxy) is 2. The van der Waals surface area contributed by atoms with Crippen molar-refractivity contribution >= 4 is 55.6 Å². The second kappa shape index (κ2) is 7.47. The summed E-state index contributed by atoms with van der Waals surface area (Å²) in [5, 5.41) is 0. The maximum atomic E-state index is 12.5. The van der Waals surface area contributed by atoms with Gasteiger partial charge in [0.1, 0.15) is 6.10 Å². The van der Waals surface area contributed by atoms with Crippen LogP contribution in [0.15, 0.2) is 28.7 Å². The Bertz CT molecular complexity index is 845. The summed E-state index contributed by atoms with van der Waals surface area (Å²) in [6.45, 7) is -0.550. The highest BCUT2D eigenvalue weighted by molar-refractivity contribution is 9.10. The number of carbonyl (C=O) groups is 4. The highest BCUT2D eigenvalue weighted by Gasteiger charge is 2.68. The van der Waals surface area contributed by atoms with E-state index in [2.05, 4.69) is 42.7 Å². The molecule has 2 saturated carbocycles. The number of esters is 2. The molecule has 3 aliphatic rings. The lowest BCUT2D eigenvalue weighted by molar-refractivity contribution is -0.158. The molecule has 1 aromatic rings. The van der Waals surface area contributed by atoms with E-state index < -0.39 is 36.2 Å². The highest BCUT2D eigenvalue weighted by atomic mass is 79.9. The zero-order valence-electron chi connectivity index (χ0n) is 14.4. The van der Waals surface area contributed by atoms with Gasteiger partial charge in [0.25, 0.3) is 11.8 Å². The first kappa shape index (κ1) is 19.4. The van der Waals surface area contributed by atoms with Crippen LogP contribution in [0.25, 0.3) is 0 Å². The van der Waals surface area contributed by atoms with Crippen molar-refractivity contribution in [3.8, 4) is 0 Å². The summed E-state index contributed by atoms with van der Waals surface area (Å²) in [7, 11) is 0. The van der Waals surface area contributed by atoms with Gasteiger partial charge in [0.15, 0.2) is 6.61 Å². The van der Waals surface area contributed by atoms with Crippen LogP contribution in [0.5, 0.6) is 0 Å². The summed E-state index contributed by atoms with van der Waals surface area (Å²) in [6, 6.07) is 6.57. The molecule has 28 heavy (non-hydrogen) atoms. The van der Waals surface area contributed by atoms with Crippen molar-refractivity contribution in [2.75, 3.05) is 6.61 Å². The molecule has 1 aliphatic heterocycles. The van der Waals surface area contributed by atoms with Gasteiger partial charge in [-0.3, -0.25) is 30.0 Å². The van der Waals surface area contributed by atoms with Crippen LogP contribution in [-0.4, -0.2) is 41.3 Å². The van der Waals surface area contributed by atoms with Gasteiger partial charge in [0.05, 0.1) is 16.7 Å². The first-order valence-corrected chi connectivity index (χ1v) is 10.4. The molecule has 8 nitrogen and oxygen atoms in total. The highest BCUT2D eigenvalue weighted by Crippen LogP contribution is 2.60. The third kappa shape index (κ3) is 3.32. The molecule has 2 N–H and O–H groups in total. The van der Waals surface area contributed by atoms with Gasteiger partial charge in [0.2, 0.25) is 0 Å². The maximum Gasteiger partial charge on any atom is 0.310 e. The number of hydrazine groups is 1. The van der Waals surface area contributed by atoms with E-state index in [1.807, 2.05) is 0 Å². The Kier molecular flexibility index (Phi) is 5.17. The second-order valence-electron chi connectivity index (χ2n) is 7.08. The molecule has 1 aromatic carbocycles. The topological polar surface area (TPSA) is 111 Å². The van der Waals surface area contributed by atoms with Crippen LogP contribution in [-0.2, 0) is 23.9 Å². The molecule has 2 aliphatic carbocycles. The molecule has 148 valence electrons. The Hall–Kier alpha value is -1.94. The molecule has 10 heteroatoms. The summed E-state index contributed by atoms with van der Waals surface area (Å²) >= 11 is 6.79. The summed E-state index contributed by atoms with van der Waals surface area (Å²) in [5.41, 5.74) is 4.81. The van der Waals surface area contributed by atoms with Crippen LogP contribution in [0.3, 0.4) is 0 Å². The van der Waals surface area contributed by atoms with Crippen LogP contribution in [0.1, 0.15) is 16.8 Å². The molecular weight excluding hydrogens is 500 g/mol. The second-order valence-corrected chi connectivity index (χ2v) is 9.05. The zero-order valence-corrected chi connectivity index (χ0v) is 17.6. The van der Waals surface area contributed by atoms with E-state index in [-0.39, 0.29) is 28.7 Å². The summed E-state index contributed by atoms with van der Waals surface area (Å²) < 4.78 is 11.3. The third-order valence-corrected chi connectivity index (χ3v) is 7.29. The SMILES string of the molecule is O=C(COC(=O)[C@@H]1[C@H]2C[C@H]3[C@H](OC(=O)[C@H]31)[C@@H]2Br)NNC(=O)c1ccc(Br)cc1. The Morgan fingerprint density at radius 2 is 1.86 bits per heavy atom. The molecule has 0 spiro atoms. The van der Waals surface area contributed by atoms with E-state index in [0.717, 1.165) is 10.9 Å². The molecule has 1 heterocycles. The van der Waals surface area contributed by atoms with Gasteiger partial charge < -0.3 is 9.47 Å².